The summed E-state index contributed by atoms with van der Waals surface area (Å²) in [7, 11) is 1.65. The van der Waals surface area contributed by atoms with Gasteiger partial charge in [-0.25, -0.2) is 0 Å². The molecule has 0 aliphatic carbocycles. The van der Waals surface area contributed by atoms with Crippen molar-refractivity contribution in [3.8, 4) is 5.75 Å². The zero-order valence-electron chi connectivity index (χ0n) is 12.3. The van der Waals surface area contributed by atoms with E-state index in [1.54, 1.807) is 7.11 Å². The molecule has 1 fully saturated rings. The van der Waals surface area contributed by atoms with Gasteiger partial charge in [0, 0.05) is 18.4 Å². The first-order chi connectivity index (χ1) is 9.56. The third kappa shape index (κ3) is 2.69. The molecule has 20 heavy (non-hydrogen) atoms. The number of hydrogen-bond acceptors (Lipinski definition) is 3. The molecule has 0 N–H and O–H groups in total. The Labute approximate surface area is 119 Å². The lowest BCUT2D eigenvalue weighted by Gasteiger charge is -2.15. The second kappa shape index (κ2) is 6.07. The Morgan fingerprint density at radius 3 is 2.30 bits per heavy atom. The van der Waals surface area contributed by atoms with Gasteiger partial charge in [-0.05, 0) is 24.5 Å². The molecule has 4 nitrogen and oxygen atoms in total. The predicted molar refractivity (Wildman–Crippen MR) is 76.4 cm³/mol. The van der Waals surface area contributed by atoms with Crippen LogP contribution in [0.5, 0.6) is 5.75 Å². The van der Waals surface area contributed by atoms with E-state index in [1.165, 1.54) is 4.90 Å². The lowest BCUT2D eigenvalue weighted by Crippen LogP contribution is -2.32. The van der Waals surface area contributed by atoms with Crippen LogP contribution in [0.4, 0.5) is 0 Å². The molecule has 108 valence electrons. The summed E-state index contributed by atoms with van der Waals surface area (Å²) in [4.78, 5) is 25.4. The minimum Gasteiger partial charge on any atom is -0.496 e. The number of carbonyl (C=O) groups is 2. The van der Waals surface area contributed by atoms with Crippen molar-refractivity contribution in [2.75, 3.05) is 13.7 Å². The number of benzene rings is 1. The number of ether oxygens (including phenoxy) is 1. The van der Waals surface area contributed by atoms with Crippen molar-refractivity contribution in [2.24, 2.45) is 11.8 Å². The zero-order chi connectivity index (χ0) is 14.7. The molecular formula is C16H21NO3. The van der Waals surface area contributed by atoms with Crippen molar-refractivity contribution < 1.29 is 14.3 Å². The van der Waals surface area contributed by atoms with E-state index in [2.05, 4.69) is 0 Å². The average molecular weight is 275 g/mol. The van der Waals surface area contributed by atoms with Crippen LogP contribution in [0.2, 0.25) is 0 Å². The van der Waals surface area contributed by atoms with Crippen LogP contribution in [0.15, 0.2) is 24.3 Å². The topological polar surface area (TPSA) is 46.6 Å². The van der Waals surface area contributed by atoms with Crippen molar-refractivity contribution in [2.45, 2.75) is 26.7 Å². The smallest absolute Gasteiger partial charge is 0.232 e. The molecule has 2 atom stereocenters. The number of imide groups is 1. The number of carbonyl (C=O) groups excluding carboxylic acids is 2. The van der Waals surface area contributed by atoms with E-state index < -0.39 is 0 Å². The summed E-state index contributed by atoms with van der Waals surface area (Å²) in [6.45, 7) is 4.14. The van der Waals surface area contributed by atoms with Gasteiger partial charge in [-0.1, -0.05) is 32.0 Å². The summed E-state index contributed by atoms with van der Waals surface area (Å²) in [5.41, 5.74) is 1.11. The van der Waals surface area contributed by atoms with Crippen LogP contribution in [0, 0.1) is 11.8 Å². The third-order valence-corrected chi connectivity index (χ3v) is 4.08. The first kappa shape index (κ1) is 14.6. The summed E-state index contributed by atoms with van der Waals surface area (Å²) < 4.78 is 5.30. The molecule has 4 heteroatoms. The standard InChI is InChI=1S/C16H21NO3/c1-11-12(2)16(19)17(15(11)18)10-6-8-13-7-4-5-9-14(13)20-3/h4-5,7,9,11-12H,6,8,10H2,1-3H3/t11-,12-/m0/s1. The Morgan fingerprint density at radius 2 is 1.70 bits per heavy atom. The van der Waals surface area contributed by atoms with Crippen LogP contribution in [0.25, 0.3) is 0 Å². The van der Waals surface area contributed by atoms with Gasteiger partial charge in [0.25, 0.3) is 0 Å². The Morgan fingerprint density at radius 1 is 1.10 bits per heavy atom. The van der Waals surface area contributed by atoms with Crippen molar-refractivity contribution in [1.82, 2.24) is 4.90 Å². The first-order valence-electron chi connectivity index (χ1n) is 7.03. The molecule has 1 aliphatic rings. The highest BCUT2D eigenvalue weighted by atomic mass is 16.5. The first-order valence-corrected chi connectivity index (χ1v) is 7.03. The molecule has 0 saturated carbocycles. The van der Waals surface area contributed by atoms with Crippen molar-refractivity contribution in [3.63, 3.8) is 0 Å². The van der Waals surface area contributed by atoms with Gasteiger partial charge in [0.1, 0.15) is 5.75 Å². The molecule has 1 aliphatic heterocycles. The van der Waals surface area contributed by atoms with E-state index in [9.17, 15) is 9.59 Å². The summed E-state index contributed by atoms with van der Waals surface area (Å²) in [6.07, 6.45) is 1.56. The average Bonchev–Trinajstić information content (AvgIpc) is 2.65. The van der Waals surface area contributed by atoms with E-state index in [0.717, 1.165) is 24.2 Å². The fraction of sp³-hybridized carbons (Fsp3) is 0.500. The highest BCUT2D eigenvalue weighted by Gasteiger charge is 2.41. The monoisotopic (exact) mass is 275 g/mol. The van der Waals surface area contributed by atoms with Gasteiger partial charge in [0.05, 0.1) is 7.11 Å². The fourth-order valence-corrected chi connectivity index (χ4v) is 2.59. The van der Waals surface area contributed by atoms with Crippen molar-refractivity contribution >= 4 is 11.8 Å². The molecular weight excluding hydrogens is 254 g/mol. The summed E-state index contributed by atoms with van der Waals surface area (Å²) in [5.74, 6) is 0.404. The van der Waals surface area contributed by atoms with Gasteiger partial charge in [0.15, 0.2) is 0 Å². The zero-order valence-corrected chi connectivity index (χ0v) is 12.3. The number of methoxy groups -OCH3 is 1. The van der Waals surface area contributed by atoms with Crippen molar-refractivity contribution in [3.05, 3.63) is 29.8 Å². The molecule has 2 rings (SSSR count). The Balaban J connectivity index is 1.93. The fourth-order valence-electron chi connectivity index (χ4n) is 2.59. The number of hydrogen-bond donors (Lipinski definition) is 0. The number of amides is 2. The molecule has 2 amide bonds. The van der Waals surface area contributed by atoms with Crippen molar-refractivity contribution in [1.29, 1.82) is 0 Å². The molecule has 0 radical (unpaired) electrons. The quantitative estimate of drug-likeness (QED) is 0.774. The van der Waals surface area contributed by atoms with E-state index in [1.807, 2.05) is 38.1 Å². The molecule has 1 aromatic rings. The summed E-state index contributed by atoms with van der Waals surface area (Å²) in [5, 5.41) is 0. The van der Waals surface area contributed by atoms with E-state index in [4.69, 9.17) is 4.74 Å². The number of nitrogens with zero attached hydrogens (tertiary/aromatic N) is 1. The third-order valence-electron chi connectivity index (χ3n) is 4.08. The largest absolute Gasteiger partial charge is 0.496 e. The van der Waals surface area contributed by atoms with E-state index in [0.29, 0.717) is 6.54 Å². The highest BCUT2D eigenvalue weighted by molar-refractivity contribution is 6.04. The maximum Gasteiger partial charge on any atom is 0.232 e. The Kier molecular flexibility index (Phi) is 4.42. The van der Waals surface area contributed by atoms with Crippen LogP contribution in [0.1, 0.15) is 25.8 Å². The second-order valence-electron chi connectivity index (χ2n) is 5.32. The minimum absolute atomic E-state index is 0.0393. The predicted octanol–water partition coefficient (Wildman–Crippen LogP) is 2.27. The van der Waals surface area contributed by atoms with Gasteiger partial charge in [0.2, 0.25) is 11.8 Å². The van der Waals surface area contributed by atoms with Gasteiger partial charge in [-0.2, -0.15) is 0 Å². The van der Waals surface area contributed by atoms with Gasteiger partial charge in [-0.15, -0.1) is 0 Å². The maximum atomic E-state index is 12.0. The molecule has 1 saturated heterocycles. The lowest BCUT2D eigenvalue weighted by molar-refractivity contribution is -0.139. The molecule has 1 heterocycles. The Bertz CT molecular complexity index is 492. The van der Waals surface area contributed by atoms with Crippen LogP contribution >= 0.6 is 0 Å². The minimum atomic E-state index is -0.186. The molecule has 0 spiro atoms. The SMILES string of the molecule is COc1ccccc1CCCN1C(=O)[C@@H](C)[C@H](C)C1=O. The van der Waals surface area contributed by atoms with Gasteiger partial charge < -0.3 is 4.74 Å². The number of likely N-dealkylation sites (tertiary alicyclic amines) is 1. The van der Waals surface area contributed by atoms with E-state index >= 15 is 0 Å². The van der Waals surface area contributed by atoms with Crippen LogP contribution in [-0.4, -0.2) is 30.4 Å². The summed E-state index contributed by atoms with van der Waals surface area (Å²) >= 11 is 0. The van der Waals surface area contributed by atoms with Gasteiger partial charge >= 0.3 is 0 Å². The number of para-hydroxylation sites is 1. The van der Waals surface area contributed by atoms with Crippen LogP contribution < -0.4 is 4.74 Å². The van der Waals surface area contributed by atoms with Crippen LogP contribution in [-0.2, 0) is 16.0 Å². The van der Waals surface area contributed by atoms with E-state index in [-0.39, 0.29) is 23.7 Å². The normalized spacial score (nSPS) is 22.4. The number of aryl methyl sites for hydroxylation is 1. The molecule has 0 bridgehead atoms. The summed E-state index contributed by atoms with van der Waals surface area (Å²) in [6, 6.07) is 7.83. The van der Waals surface area contributed by atoms with Gasteiger partial charge in [-0.3, -0.25) is 14.5 Å². The molecule has 0 aromatic heterocycles. The molecule has 1 aromatic carbocycles. The highest BCUT2D eigenvalue weighted by Crippen LogP contribution is 2.26. The lowest BCUT2D eigenvalue weighted by atomic mass is 10.00. The second-order valence-corrected chi connectivity index (χ2v) is 5.32. The number of rotatable bonds is 5. The maximum absolute atomic E-state index is 12.0. The Hall–Kier alpha value is -1.84. The molecule has 0 unspecified atom stereocenters. The van der Waals surface area contributed by atoms with Crippen LogP contribution in [0.3, 0.4) is 0 Å².